The van der Waals surface area contributed by atoms with Crippen molar-refractivity contribution >= 4 is 32.0 Å². The van der Waals surface area contributed by atoms with Gasteiger partial charge in [-0.25, -0.2) is 22.5 Å². The van der Waals surface area contributed by atoms with Gasteiger partial charge in [0.05, 0.1) is 17.6 Å². The number of sulfonamides is 1. The van der Waals surface area contributed by atoms with Gasteiger partial charge >= 0.3 is 0 Å². The lowest BCUT2D eigenvalue weighted by atomic mass is 9.99. The fraction of sp³-hybridized carbons (Fsp3) is 0.114. The van der Waals surface area contributed by atoms with Crippen LogP contribution in [-0.4, -0.2) is 39.8 Å². The SMILES string of the molecule is CS(=O)(=O)NCc1cc(F)cc(-c2cccc3[nH]c(-c4[nH]nc5ncc(-c6cncc(CNCc7ccccc7)c6)cc45)cc23)c1. The van der Waals surface area contributed by atoms with Crippen molar-refractivity contribution in [2.75, 3.05) is 6.26 Å². The monoisotopic (exact) mass is 631 g/mol. The number of pyridine rings is 2. The van der Waals surface area contributed by atoms with Crippen LogP contribution in [0, 0.1) is 5.82 Å². The molecule has 4 N–H and O–H groups in total. The van der Waals surface area contributed by atoms with Crippen LogP contribution in [0.15, 0.2) is 104 Å². The predicted octanol–water partition coefficient (Wildman–Crippen LogP) is 6.31. The number of rotatable bonds is 10. The summed E-state index contributed by atoms with van der Waals surface area (Å²) in [6, 6.07) is 26.8. The van der Waals surface area contributed by atoms with E-state index < -0.39 is 15.8 Å². The highest BCUT2D eigenvalue weighted by atomic mass is 32.2. The Morgan fingerprint density at radius 3 is 2.41 bits per heavy atom. The second-order valence-electron chi connectivity index (χ2n) is 11.3. The van der Waals surface area contributed by atoms with E-state index in [-0.39, 0.29) is 6.54 Å². The van der Waals surface area contributed by atoms with Crippen LogP contribution in [-0.2, 0) is 29.7 Å². The van der Waals surface area contributed by atoms with E-state index in [1.165, 1.54) is 17.7 Å². The van der Waals surface area contributed by atoms with Crippen molar-refractivity contribution in [3.8, 4) is 33.6 Å². The third-order valence-electron chi connectivity index (χ3n) is 7.78. The van der Waals surface area contributed by atoms with Crippen LogP contribution in [0.5, 0.6) is 0 Å². The molecule has 230 valence electrons. The molecule has 7 aromatic rings. The molecule has 0 saturated carbocycles. The molecule has 11 heteroatoms. The van der Waals surface area contributed by atoms with Gasteiger partial charge in [0, 0.05) is 65.6 Å². The molecule has 0 aliphatic rings. The highest BCUT2D eigenvalue weighted by Gasteiger charge is 2.16. The van der Waals surface area contributed by atoms with Crippen LogP contribution in [0.2, 0.25) is 0 Å². The normalized spacial score (nSPS) is 11.9. The van der Waals surface area contributed by atoms with Crippen molar-refractivity contribution in [3.05, 3.63) is 126 Å². The Labute approximate surface area is 265 Å². The highest BCUT2D eigenvalue weighted by Crippen LogP contribution is 2.35. The Bertz CT molecular complexity index is 2300. The number of hydrogen-bond donors (Lipinski definition) is 4. The summed E-state index contributed by atoms with van der Waals surface area (Å²) in [6.07, 6.45) is 6.57. The number of halogens is 1. The molecule has 0 unspecified atom stereocenters. The van der Waals surface area contributed by atoms with Gasteiger partial charge in [-0.15, -0.1) is 0 Å². The molecule has 4 aromatic heterocycles. The summed E-state index contributed by atoms with van der Waals surface area (Å²) in [6.45, 7) is 1.45. The first-order valence-corrected chi connectivity index (χ1v) is 16.6. The molecular weight excluding hydrogens is 601 g/mol. The number of H-pyrrole nitrogens is 2. The van der Waals surface area contributed by atoms with Crippen LogP contribution in [0.3, 0.4) is 0 Å². The zero-order valence-electron chi connectivity index (χ0n) is 24.9. The number of nitrogens with one attached hydrogen (secondary N) is 4. The Morgan fingerprint density at radius 2 is 1.57 bits per heavy atom. The Morgan fingerprint density at radius 1 is 0.761 bits per heavy atom. The largest absolute Gasteiger partial charge is 0.353 e. The summed E-state index contributed by atoms with van der Waals surface area (Å²) in [5, 5.41) is 12.8. The lowest BCUT2D eigenvalue weighted by molar-refractivity contribution is 0.586. The number of aromatic amines is 2. The van der Waals surface area contributed by atoms with Gasteiger partial charge in [0.2, 0.25) is 10.0 Å². The molecule has 9 nitrogen and oxygen atoms in total. The number of aromatic nitrogens is 5. The van der Waals surface area contributed by atoms with E-state index in [9.17, 15) is 12.8 Å². The third-order valence-corrected chi connectivity index (χ3v) is 8.45. The molecule has 4 heterocycles. The van der Waals surface area contributed by atoms with Crippen molar-refractivity contribution in [3.63, 3.8) is 0 Å². The van der Waals surface area contributed by atoms with Crippen LogP contribution in [0.4, 0.5) is 4.39 Å². The Hall–Kier alpha value is -5.23. The molecule has 7 rings (SSSR count). The van der Waals surface area contributed by atoms with E-state index >= 15 is 0 Å². The van der Waals surface area contributed by atoms with Crippen LogP contribution in [0.25, 0.3) is 55.6 Å². The fourth-order valence-electron chi connectivity index (χ4n) is 5.62. The number of fused-ring (bicyclic) bond motifs is 2. The first-order chi connectivity index (χ1) is 22.3. The molecule has 0 aliphatic heterocycles. The summed E-state index contributed by atoms with van der Waals surface area (Å²) in [7, 11) is -3.42. The Balaban J connectivity index is 1.19. The molecule has 0 saturated heterocycles. The lowest BCUT2D eigenvalue weighted by Gasteiger charge is -2.08. The minimum atomic E-state index is -3.42. The first-order valence-electron chi connectivity index (χ1n) is 14.7. The first kappa shape index (κ1) is 29.5. The summed E-state index contributed by atoms with van der Waals surface area (Å²) >= 11 is 0. The number of benzene rings is 3. The zero-order valence-corrected chi connectivity index (χ0v) is 25.7. The average molecular weight is 632 g/mol. The van der Waals surface area contributed by atoms with Crippen molar-refractivity contribution < 1.29 is 12.8 Å². The van der Waals surface area contributed by atoms with E-state index in [1.807, 2.05) is 54.9 Å². The molecule has 46 heavy (non-hydrogen) atoms. The maximum Gasteiger partial charge on any atom is 0.209 e. The van der Waals surface area contributed by atoms with E-state index in [4.69, 9.17) is 0 Å². The number of nitrogens with zero attached hydrogens (tertiary/aromatic N) is 3. The van der Waals surface area contributed by atoms with Crippen molar-refractivity contribution in [1.82, 2.24) is 35.2 Å². The fourth-order valence-corrected chi connectivity index (χ4v) is 6.04. The smallest absolute Gasteiger partial charge is 0.209 e. The summed E-state index contributed by atoms with van der Waals surface area (Å²) in [4.78, 5) is 12.6. The molecule has 3 aromatic carbocycles. The minimum Gasteiger partial charge on any atom is -0.353 e. The summed E-state index contributed by atoms with van der Waals surface area (Å²) < 4.78 is 40.3. The maximum absolute atomic E-state index is 14.7. The summed E-state index contributed by atoms with van der Waals surface area (Å²) in [5.41, 5.74) is 9.16. The second-order valence-corrected chi connectivity index (χ2v) is 13.1. The number of hydrogen-bond acceptors (Lipinski definition) is 6. The molecule has 0 fully saturated rings. The molecule has 0 atom stereocenters. The van der Waals surface area contributed by atoms with Crippen molar-refractivity contribution in [2.45, 2.75) is 19.6 Å². The standard InChI is InChI=1S/C35H30FN7O2S/c1-46(44,45)40-19-23-10-25(13-28(36)12-23)29-8-5-9-32-30(29)15-33(41-32)34-31-14-27(21-39-35(31)43-42-34)26-11-24(18-38-20-26)17-37-16-22-6-3-2-4-7-22/h2-15,18,20-21,37,40-41H,16-17,19H2,1H3,(H,39,42,43). The summed E-state index contributed by atoms with van der Waals surface area (Å²) in [5.74, 6) is -0.445. The van der Waals surface area contributed by atoms with Gasteiger partial charge in [0.15, 0.2) is 5.65 Å². The molecule has 0 bridgehead atoms. The van der Waals surface area contributed by atoms with Gasteiger partial charge in [-0.1, -0.05) is 42.5 Å². The van der Waals surface area contributed by atoms with Crippen molar-refractivity contribution in [1.29, 1.82) is 0 Å². The highest BCUT2D eigenvalue weighted by molar-refractivity contribution is 7.88. The molecule has 0 radical (unpaired) electrons. The van der Waals surface area contributed by atoms with Gasteiger partial charge in [-0.05, 0) is 70.3 Å². The quantitative estimate of drug-likeness (QED) is 0.140. The van der Waals surface area contributed by atoms with Gasteiger partial charge in [-0.3, -0.25) is 10.1 Å². The van der Waals surface area contributed by atoms with Crippen LogP contribution >= 0.6 is 0 Å². The second kappa shape index (κ2) is 12.3. The van der Waals surface area contributed by atoms with E-state index in [0.29, 0.717) is 23.3 Å². The van der Waals surface area contributed by atoms with E-state index in [2.05, 4.69) is 59.5 Å². The predicted molar refractivity (Wildman–Crippen MR) is 178 cm³/mol. The maximum atomic E-state index is 14.7. The third kappa shape index (κ3) is 6.43. The molecule has 0 spiro atoms. The van der Waals surface area contributed by atoms with Crippen LogP contribution in [0.1, 0.15) is 16.7 Å². The average Bonchev–Trinajstić information content (AvgIpc) is 3.68. The lowest BCUT2D eigenvalue weighted by Crippen LogP contribution is -2.21. The topological polar surface area (TPSA) is 128 Å². The molecule has 0 amide bonds. The zero-order chi connectivity index (χ0) is 31.7. The molecular formula is C35H30FN7O2S. The minimum absolute atomic E-state index is 0.00392. The Kier molecular flexibility index (Phi) is 7.87. The van der Waals surface area contributed by atoms with Crippen LogP contribution < -0.4 is 10.0 Å². The van der Waals surface area contributed by atoms with E-state index in [0.717, 1.165) is 62.7 Å². The van der Waals surface area contributed by atoms with Gasteiger partial charge in [0.25, 0.3) is 0 Å². The van der Waals surface area contributed by atoms with E-state index in [1.54, 1.807) is 12.3 Å². The van der Waals surface area contributed by atoms with Crippen molar-refractivity contribution in [2.24, 2.45) is 0 Å². The van der Waals surface area contributed by atoms with Gasteiger partial charge < -0.3 is 10.3 Å². The van der Waals surface area contributed by atoms with Gasteiger partial charge in [-0.2, -0.15) is 5.10 Å². The van der Waals surface area contributed by atoms with Gasteiger partial charge in [0.1, 0.15) is 5.82 Å². The molecule has 0 aliphatic carbocycles.